The van der Waals surface area contributed by atoms with Gasteiger partial charge in [0.2, 0.25) is 0 Å². The number of nitrogens with zero attached hydrogens (tertiary/aromatic N) is 2. The number of hydrogen-bond acceptors (Lipinski definition) is 4. The van der Waals surface area contributed by atoms with Gasteiger partial charge < -0.3 is 5.11 Å². The minimum atomic E-state index is -0.302. The lowest BCUT2D eigenvalue weighted by Crippen LogP contribution is -2.03. The van der Waals surface area contributed by atoms with Gasteiger partial charge in [-0.25, -0.2) is 9.97 Å². The van der Waals surface area contributed by atoms with Crippen LogP contribution in [0.3, 0.4) is 0 Å². The Morgan fingerprint density at radius 3 is 2.73 bits per heavy atom. The van der Waals surface area contributed by atoms with E-state index in [2.05, 4.69) is 9.97 Å². The van der Waals surface area contributed by atoms with Gasteiger partial charge in [0.1, 0.15) is 0 Å². The van der Waals surface area contributed by atoms with Gasteiger partial charge in [-0.3, -0.25) is 0 Å². The first-order valence-electron chi connectivity index (χ1n) is 3.37. The molecule has 0 bridgehead atoms. The fourth-order valence-corrected chi connectivity index (χ4v) is 1.22. The van der Waals surface area contributed by atoms with Gasteiger partial charge in [0.25, 0.3) is 0 Å². The highest BCUT2D eigenvalue weighted by molar-refractivity contribution is 7.99. The minimum absolute atomic E-state index is 0.302. The third-order valence-corrected chi connectivity index (χ3v) is 2.11. The lowest BCUT2D eigenvalue weighted by atomic mass is 10.5. The Balaban J connectivity index is 2.39. The smallest absolute Gasteiger partial charge is 0.187 e. The van der Waals surface area contributed by atoms with Crippen molar-refractivity contribution in [1.29, 1.82) is 0 Å². The Bertz CT molecular complexity index is 203. The Kier molecular flexibility index (Phi) is 3.32. The Hall–Kier alpha value is -0.610. The molecule has 3 nitrogen and oxygen atoms in total. The second-order valence-electron chi connectivity index (χ2n) is 2.19. The summed E-state index contributed by atoms with van der Waals surface area (Å²) in [5, 5.41) is 9.65. The summed E-state index contributed by atoms with van der Waals surface area (Å²) in [5.41, 5.74) is 0. The van der Waals surface area contributed by atoms with Crippen LogP contribution in [0.4, 0.5) is 0 Å². The molecular weight excluding hydrogens is 160 g/mol. The number of aliphatic hydroxyl groups is 1. The van der Waals surface area contributed by atoms with Crippen molar-refractivity contribution < 1.29 is 5.11 Å². The molecule has 60 valence electrons. The summed E-state index contributed by atoms with van der Waals surface area (Å²) in [6.45, 7) is 1.75. The van der Waals surface area contributed by atoms with Crippen LogP contribution in [0.2, 0.25) is 0 Å². The highest BCUT2D eigenvalue weighted by Crippen LogP contribution is 2.11. The first-order chi connectivity index (χ1) is 5.29. The molecule has 0 aliphatic heterocycles. The van der Waals surface area contributed by atoms with Gasteiger partial charge in [-0.1, -0.05) is 11.8 Å². The maximum Gasteiger partial charge on any atom is 0.187 e. The fourth-order valence-electron chi connectivity index (χ4n) is 0.555. The molecule has 1 rings (SSSR count). The topological polar surface area (TPSA) is 46.0 Å². The Morgan fingerprint density at radius 2 is 2.18 bits per heavy atom. The maximum absolute atomic E-state index is 8.94. The molecule has 1 N–H and O–H groups in total. The van der Waals surface area contributed by atoms with Crippen molar-refractivity contribution >= 4 is 11.8 Å². The first kappa shape index (κ1) is 8.49. The van der Waals surface area contributed by atoms with Crippen molar-refractivity contribution in [3.63, 3.8) is 0 Å². The monoisotopic (exact) mass is 170 g/mol. The third kappa shape index (κ3) is 3.34. The lowest BCUT2D eigenvalue weighted by Gasteiger charge is -2.00. The van der Waals surface area contributed by atoms with Gasteiger partial charge in [0, 0.05) is 18.1 Å². The predicted molar refractivity (Wildman–Crippen MR) is 44.4 cm³/mol. The summed E-state index contributed by atoms with van der Waals surface area (Å²) < 4.78 is 0. The average molecular weight is 170 g/mol. The molecule has 0 aliphatic rings. The summed E-state index contributed by atoms with van der Waals surface area (Å²) >= 11 is 1.46. The van der Waals surface area contributed by atoms with Crippen LogP contribution in [0, 0.1) is 0 Å². The first-order valence-corrected chi connectivity index (χ1v) is 4.35. The normalized spacial score (nSPS) is 12.9. The Labute approximate surface area is 69.9 Å². The molecule has 1 heterocycles. The molecule has 0 spiro atoms. The van der Waals surface area contributed by atoms with Crippen LogP contribution in [0.5, 0.6) is 0 Å². The van der Waals surface area contributed by atoms with Gasteiger partial charge >= 0.3 is 0 Å². The molecule has 4 heteroatoms. The van der Waals surface area contributed by atoms with Gasteiger partial charge in [0.15, 0.2) is 5.16 Å². The highest BCUT2D eigenvalue weighted by atomic mass is 32.2. The van der Waals surface area contributed by atoms with Crippen LogP contribution in [0.15, 0.2) is 23.6 Å². The van der Waals surface area contributed by atoms with Crippen molar-refractivity contribution in [2.75, 3.05) is 5.75 Å². The molecular formula is C7H10N2OS. The van der Waals surface area contributed by atoms with Crippen molar-refractivity contribution in [1.82, 2.24) is 9.97 Å². The second kappa shape index (κ2) is 4.31. The van der Waals surface area contributed by atoms with E-state index >= 15 is 0 Å². The summed E-state index contributed by atoms with van der Waals surface area (Å²) in [6.07, 6.45) is 3.08. The molecule has 0 radical (unpaired) electrons. The number of aliphatic hydroxyl groups excluding tert-OH is 1. The molecule has 0 saturated heterocycles. The summed E-state index contributed by atoms with van der Waals surface area (Å²) in [6, 6.07) is 1.77. The Morgan fingerprint density at radius 1 is 1.55 bits per heavy atom. The molecule has 0 aliphatic carbocycles. The number of hydrogen-bond donors (Lipinski definition) is 1. The number of rotatable bonds is 3. The summed E-state index contributed by atoms with van der Waals surface area (Å²) in [4.78, 5) is 7.98. The van der Waals surface area contributed by atoms with Crippen LogP contribution in [-0.2, 0) is 0 Å². The molecule has 0 saturated carbocycles. The van der Waals surface area contributed by atoms with Crippen LogP contribution < -0.4 is 0 Å². The van der Waals surface area contributed by atoms with Crippen LogP contribution in [0.1, 0.15) is 6.92 Å². The lowest BCUT2D eigenvalue weighted by molar-refractivity contribution is 0.220. The van der Waals surface area contributed by atoms with E-state index in [-0.39, 0.29) is 6.10 Å². The van der Waals surface area contributed by atoms with Gasteiger partial charge in [-0.05, 0) is 13.0 Å². The van der Waals surface area contributed by atoms with Gasteiger partial charge in [-0.2, -0.15) is 0 Å². The maximum atomic E-state index is 8.94. The van der Waals surface area contributed by atoms with Crippen LogP contribution in [0.25, 0.3) is 0 Å². The molecule has 1 aromatic heterocycles. The number of aromatic nitrogens is 2. The van der Waals surface area contributed by atoms with Crippen molar-refractivity contribution in [2.24, 2.45) is 0 Å². The zero-order chi connectivity index (χ0) is 8.10. The van der Waals surface area contributed by atoms with Gasteiger partial charge in [0.05, 0.1) is 6.10 Å². The zero-order valence-corrected chi connectivity index (χ0v) is 7.08. The van der Waals surface area contributed by atoms with Crippen molar-refractivity contribution in [3.05, 3.63) is 18.5 Å². The van der Waals surface area contributed by atoms with Crippen molar-refractivity contribution in [2.45, 2.75) is 18.2 Å². The SMILES string of the molecule is CC(O)CSc1ncccn1. The summed E-state index contributed by atoms with van der Waals surface area (Å²) in [5.74, 6) is 0.643. The zero-order valence-electron chi connectivity index (χ0n) is 6.27. The molecule has 0 amide bonds. The van der Waals surface area contributed by atoms with E-state index in [1.807, 2.05) is 0 Å². The van der Waals surface area contributed by atoms with E-state index in [4.69, 9.17) is 5.11 Å². The molecule has 0 aromatic carbocycles. The van der Waals surface area contributed by atoms with E-state index in [1.54, 1.807) is 25.4 Å². The average Bonchev–Trinajstić information content (AvgIpc) is 2.03. The number of thioether (sulfide) groups is 1. The van der Waals surface area contributed by atoms with E-state index in [0.717, 1.165) is 0 Å². The third-order valence-electron chi connectivity index (χ3n) is 0.996. The standard InChI is InChI=1S/C7H10N2OS/c1-6(10)5-11-7-8-3-2-4-9-7/h2-4,6,10H,5H2,1H3. The molecule has 11 heavy (non-hydrogen) atoms. The fraction of sp³-hybridized carbons (Fsp3) is 0.429. The predicted octanol–water partition coefficient (Wildman–Crippen LogP) is 0.950. The minimum Gasteiger partial charge on any atom is -0.393 e. The van der Waals surface area contributed by atoms with Crippen molar-refractivity contribution in [3.8, 4) is 0 Å². The molecule has 1 unspecified atom stereocenters. The van der Waals surface area contributed by atoms with E-state index in [0.29, 0.717) is 10.9 Å². The van der Waals surface area contributed by atoms with E-state index in [9.17, 15) is 0 Å². The largest absolute Gasteiger partial charge is 0.393 e. The van der Waals surface area contributed by atoms with Gasteiger partial charge in [-0.15, -0.1) is 0 Å². The van der Waals surface area contributed by atoms with Crippen LogP contribution >= 0.6 is 11.8 Å². The summed E-state index contributed by atoms with van der Waals surface area (Å²) in [7, 11) is 0. The quantitative estimate of drug-likeness (QED) is 0.542. The molecule has 1 atom stereocenters. The van der Waals surface area contributed by atoms with E-state index < -0.39 is 0 Å². The van der Waals surface area contributed by atoms with Crippen LogP contribution in [-0.4, -0.2) is 26.9 Å². The molecule has 0 fully saturated rings. The van der Waals surface area contributed by atoms with E-state index in [1.165, 1.54) is 11.8 Å². The second-order valence-corrected chi connectivity index (χ2v) is 3.18. The molecule has 1 aromatic rings. The highest BCUT2D eigenvalue weighted by Gasteiger charge is 1.98.